The summed E-state index contributed by atoms with van der Waals surface area (Å²) in [5.41, 5.74) is 0. The van der Waals surface area contributed by atoms with Gasteiger partial charge in [0.2, 0.25) is 5.91 Å². The van der Waals surface area contributed by atoms with Crippen molar-refractivity contribution in [2.45, 2.75) is 96.8 Å². The molecule has 0 aliphatic carbocycles. The summed E-state index contributed by atoms with van der Waals surface area (Å²) in [4.78, 5) is 11.7. The SMILES string of the molecule is CCCCCCCC/C=C/CCCCCCCC(=O)NCC[N+](C)(C)C. The summed E-state index contributed by atoms with van der Waals surface area (Å²) in [6.07, 6.45) is 22.3. The molecule has 154 valence electrons. The highest BCUT2D eigenvalue weighted by molar-refractivity contribution is 5.75. The number of unbranched alkanes of at least 4 members (excludes halogenated alkanes) is 11. The van der Waals surface area contributed by atoms with Gasteiger partial charge in [0.05, 0.1) is 34.2 Å². The van der Waals surface area contributed by atoms with Crippen molar-refractivity contribution in [3.8, 4) is 0 Å². The molecule has 0 rings (SSSR count). The zero-order valence-electron chi connectivity index (χ0n) is 18.3. The highest BCUT2D eigenvalue weighted by atomic mass is 16.1. The first-order valence-electron chi connectivity index (χ1n) is 11.2. The van der Waals surface area contributed by atoms with Crippen LogP contribution in [0.1, 0.15) is 96.8 Å². The van der Waals surface area contributed by atoms with Crippen molar-refractivity contribution in [1.82, 2.24) is 5.32 Å². The zero-order valence-corrected chi connectivity index (χ0v) is 18.3. The molecule has 0 aromatic heterocycles. The van der Waals surface area contributed by atoms with Crippen molar-refractivity contribution >= 4 is 5.91 Å². The Hall–Kier alpha value is -0.830. The fourth-order valence-electron chi connectivity index (χ4n) is 2.98. The topological polar surface area (TPSA) is 29.1 Å². The molecule has 1 amide bonds. The lowest BCUT2D eigenvalue weighted by Crippen LogP contribution is -2.41. The number of hydrogen-bond acceptors (Lipinski definition) is 1. The van der Waals surface area contributed by atoms with Gasteiger partial charge >= 0.3 is 0 Å². The van der Waals surface area contributed by atoms with E-state index in [1.807, 2.05) is 0 Å². The first-order chi connectivity index (χ1) is 12.5. The third kappa shape index (κ3) is 21.2. The summed E-state index contributed by atoms with van der Waals surface area (Å²) >= 11 is 0. The van der Waals surface area contributed by atoms with E-state index < -0.39 is 0 Å². The van der Waals surface area contributed by atoms with E-state index in [-0.39, 0.29) is 5.91 Å². The molecule has 1 N–H and O–H groups in total. The summed E-state index contributed by atoms with van der Waals surface area (Å²) in [5.74, 6) is 0.219. The highest BCUT2D eigenvalue weighted by Gasteiger charge is 2.07. The minimum Gasteiger partial charge on any atom is -0.350 e. The summed E-state index contributed by atoms with van der Waals surface area (Å²) in [7, 11) is 6.45. The molecule has 0 saturated heterocycles. The molecule has 0 aromatic rings. The Morgan fingerprint density at radius 3 is 1.81 bits per heavy atom. The van der Waals surface area contributed by atoms with Crippen molar-refractivity contribution in [3.05, 3.63) is 12.2 Å². The standard InChI is InChI=1S/C23H46N2O/c1-5-6-7-8-9-10-11-12-13-14-15-16-17-18-19-20-23(26)24-21-22-25(2,3)4/h12-13H,5-11,14-22H2,1-4H3/p+1/b13-12+. The van der Waals surface area contributed by atoms with Crippen LogP contribution >= 0.6 is 0 Å². The van der Waals surface area contributed by atoms with Gasteiger partial charge in [0.25, 0.3) is 0 Å². The van der Waals surface area contributed by atoms with Crippen molar-refractivity contribution in [2.24, 2.45) is 0 Å². The smallest absolute Gasteiger partial charge is 0.220 e. The molecule has 3 nitrogen and oxygen atoms in total. The third-order valence-corrected chi connectivity index (χ3v) is 4.77. The molecular weight excluding hydrogens is 320 g/mol. The summed E-state index contributed by atoms with van der Waals surface area (Å²) in [6.45, 7) is 4.04. The number of allylic oxidation sites excluding steroid dienone is 2. The Kier molecular flexibility index (Phi) is 17.0. The molecule has 3 heteroatoms. The minimum absolute atomic E-state index is 0.219. The molecule has 0 aromatic carbocycles. The van der Waals surface area contributed by atoms with E-state index in [4.69, 9.17) is 0 Å². The van der Waals surface area contributed by atoms with Gasteiger partial charge < -0.3 is 9.80 Å². The summed E-state index contributed by atoms with van der Waals surface area (Å²) in [6, 6.07) is 0. The molecule has 26 heavy (non-hydrogen) atoms. The second kappa shape index (κ2) is 17.6. The van der Waals surface area contributed by atoms with Crippen LogP contribution in [0.3, 0.4) is 0 Å². The van der Waals surface area contributed by atoms with Gasteiger partial charge in [-0.1, -0.05) is 70.4 Å². The van der Waals surface area contributed by atoms with Gasteiger partial charge in [-0.25, -0.2) is 0 Å². The number of quaternary nitrogens is 1. The molecule has 0 bridgehead atoms. The van der Waals surface area contributed by atoms with Crippen molar-refractivity contribution in [2.75, 3.05) is 34.2 Å². The highest BCUT2D eigenvalue weighted by Crippen LogP contribution is 2.09. The van der Waals surface area contributed by atoms with Gasteiger partial charge in [-0.3, -0.25) is 4.79 Å². The molecule has 0 spiro atoms. The fourth-order valence-corrected chi connectivity index (χ4v) is 2.98. The Balaban J connectivity index is 3.25. The molecule has 0 saturated carbocycles. The van der Waals surface area contributed by atoms with Gasteiger partial charge in [-0.2, -0.15) is 0 Å². The second-order valence-electron chi connectivity index (χ2n) is 8.70. The Morgan fingerprint density at radius 2 is 1.27 bits per heavy atom. The van der Waals surface area contributed by atoms with E-state index in [9.17, 15) is 4.79 Å². The van der Waals surface area contributed by atoms with E-state index >= 15 is 0 Å². The number of amides is 1. The molecule has 0 unspecified atom stereocenters. The van der Waals surface area contributed by atoms with E-state index in [1.165, 1.54) is 77.0 Å². The molecule has 0 aliphatic rings. The van der Waals surface area contributed by atoms with E-state index in [0.29, 0.717) is 6.42 Å². The number of hydrogen-bond donors (Lipinski definition) is 1. The molecule has 0 aliphatic heterocycles. The van der Waals surface area contributed by atoms with Gasteiger partial charge in [0.1, 0.15) is 0 Å². The third-order valence-electron chi connectivity index (χ3n) is 4.77. The first kappa shape index (κ1) is 25.2. The quantitative estimate of drug-likeness (QED) is 0.184. The van der Waals surface area contributed by atoms with Crippen LogP contribution in [-0.2, 0) is 4.79 Å². The average molecular weight is 368 g/mol. The average Bonchev–Trinajstić information content (AvgIpc) is 2.57. The number of rotatable bonds is 18. The fraction of sp³-hybridized carbons (Fsp3) is 0.870. The second-order valence-corrected chi connectivity index (χ2v) is 8.70. The van der Waals surface area contributed by atoms with Gasteiger partial charge in [-0.15, -0.1) is 0 Å². The van der Waals surface area contributed by atoms with Crippen LogP contribution in [0.15, 0.2) is 12.2 Å². The minimum atomic E-state index is 0.219. The lowest BCUT2D eigenvalue weighted by Gasteiger charge is -2.23. The molecule has 0 fully saturated rings. The van der Waals surface area contributed by atoms with Crippen molar-refractivity contribution in [3.63, 3.8) is 0 Å². The first-order valence-corrected chi connectivity index (χ1v) is 11.2. The van der Waals surface area contributed by atoms with Crippen LogP contribution in [0.4, 0.5) is 0 Å². The van der Waals surface area contributed by atoms with E-state index in [0.717, 1.165) is 24.0 Å². The summed E-state index contributed by atoms with van der Waals surface area (Å²) < 4.78 is 0.897. The zero-order chi connectivity index (χ0) is 19.5. The number of carbonyl (C=O) groups excluding carboxylic acids is 1. The number of nitrogens with zero attached hydrogens (tertiary/aromatic N) is 1. The normalized spacial score (nSPS) is 12.0. The predicted octanol–water partition coefficient (Wildman–Crippen LogP) is 5.85. The molecular formula is C23H47N2O+. The molecule has 0 radical (unpaired) electrons. The Labute approximate surface area is 164 Å². The van der Waals surface area contributed by atoms with Crippen molar-refractivity contribution in [1.29, 1.82) is 0 Å². The van der Waals surface area contributed by atoms with E-state index in [2.05, 4.69) is 45.5 Å². The van der Waals surface area contributed by atoms with Gasteiger partial charge in [0.15, 0.2) is 0 Å². The number of carbonyl (C=O) groups is 1. The van der Waals surface area contributed by atoms with Crippen LogP contribution in [0.5, 0.6) is 0 Å². The van der Waals surface area contributed by atoms with Crippen LogP contribution < -0.4 is 5.32 Å². The molecule has 0 heterocycles. The van der Waals surface area contributed by atoms with Crippen LogP contribution in [-0.4, -0.2) is 44.6 Å². The number of nitrogens with one attached hydrogen (secondary N) is 1. The largest absolute Gasteiger partial charge is 0.350 e. The maximum atomic E-state index is 11.7. The predicted molar refractivity (Wildman–Crippen MR) is 115 cm³/mol. The van der Waals surface area contributed by atoms with Crippen LogP contribution in [0.2, 0.25) is 0 Å². The summed E-state index contributed by atoms with van der Waals surface area (Å²) in [5, 5.41) is 3.03. The van der Waals surface area contributed by atoms with Crippen LogP contribution in [0.25, 0.3) is 0 Å². The monoisotopic (exact) mass is 367 g/mol. The Morgan fingerprint density at radius 1 is 0.769 bits per heavy atom. The molecule has 0 atom stereocenters. The Bertz CT molecular complexity index is 345. The lowest BCUT2D eigenvalue weighted by molar-refractivity contribution is -0.869. The van der Waals surface area contributed by atoms with Gasteiger partial charge in [-0.05, 0) is 32.1 Å². The van der Waals surface area contributed by atoms with Gasteiger partial charge in [0, 0.05) is 6.42 Å². The maximum Gasteiger partial charge on any atom is 0.220 e. The van der Waals surface area contributed by atoms with Crippen LogP contribution in [0, 0.1) is 0 Å². The lowest BCUT2D eigenvalue weighted by atomic mass is 10.1. The van der Waals surface area contributed by atoms with E-state index in [1.54, 1.807) is 0 Å². The van der Waals surface area contributed by atoms with Crippen molar-refractivity contribution < 1.29 is 9.28 Å². The maximum absolute atomic E-state index is 11.7. The number of likely N-dealkylation sites (N-methyl/N-ethyl adjacent to an activating group) is 1.